The summed E-state index contributed by atoms with van der Waals surface area (Å²) < 4.78 is 0. The lowest BCUT2D eigenvalue weighted by Crippen LogP contribution is -2.13. The molecule has 2 rings (SSSR count). The number of carbonyl (C=O) groups is 1. The smallest absolute Gasteiger partial charge is 0.335 e. The minimum Gasteiger partial charge on any atom is -0.478 e. The van der Waals surface area contributed by atoms with Gasteiger partial charge < -0.3 is 16.2 Å². The van der Waals surface area contributed by atoms with Gasteiger partial charge in [0.25, 0.3) is 0 Å². The van der Waals surface area contributed by atoms with Gasteiger partial charge in [0.2, 0.25) is 0 Å². The Morgan fingerprint density at radius 2 is 2.05 bits per heavy atom. The standard InChI is InChI=1S/C15H22N2O2/c16-13-10-12(15(18)19)6-7-14(13)17-9-8-11-4-2-1-3-5-11/h6-7,10-11,17H,1-5,8-9,16H2,(H,18,19). The number of hydrogen-bond acceptors (Lipinski definition) is 3. The fourth-order valence-electron chi connectivity index (χ4n) is 2.74. The third-order valence-corrected chi connectivity index (χ3v) is 3.89. The first kappa shape index (κ1) is 13.7. The van der Waals surface area contributed by atoms with Crippen LogP contribution >= 0.6 is 0 Å². The number of rotatable bonds is 5. The summed E-state index contributed by atoms with van der Waals surface area (Å²) in [6.07, 6.45) is 7.96. The number of nitrogen functional groups attached to an aromatic ring is 1. The van der Waals surface area contributed by atoms with E-state index in [1.54, 1.807) is 12.1 Å². The van der Waals surface area contributed by atoms with Crippen LogP contribution in [-0.4, -0.2) is 17.6 Å². The molecule has 0 amide bonds. The van der Waals surface area contributed by atoms with Gasteiger partial charge in [-0.05, 0) is 30.5 Å². The van der Waals surface area contributed by atoms with Crippen LogP contribution in [0, 0.1) is 5.92 Å². The number of nitrogens with two attached hydrogens (primary N) is 1. The molecule has 1 aromatic rings. The molecule has 0 spiro atoms. The third-order valence-electron chi connectivity index (χ3n) is 3.89. The van der Waals surface area contributed by atoms with Crippen LogP contribution in [0.3, 0.4) is 0 Å². The molecule has 0 heterocycles. The third kappa shape index (κ3) is 3.88. The molecule has 1 aliphatic rings. The maximum Gasteiger partial charge on any atom is 0.335 e. The Hall–Kier alpha value is -1.71. The van der Waals surface area contributed by atoms with E-state index in [-0.39, 0.29) is 5.56 Å². The molecule has 19 heavy (non-hydrogen) atoms. The molecule has 0 aromatic heterocycles. The first-order valence-corrected chi connectivity index (χ1v) is 7.03. The summed E-state index contributed by atoms with van der Waals surface area (Å²) in [6.45, 7) is 0.904. The van der Waals surface area contributed by atoms with Gasteiger partial charge in [0.05, 0.1) is 16.9 Å². The number of carboxylic acid groups (broad SMARTS) is 1. The van der Waals surface area contributed by atoms with E-state index >= 15 is 0 Å². The molecule has 1 aromatic carbocycles. The lowest BCUT2D eigenvalue weighted by atomic mass is 9.87. The molecule has 104 valence electrons. The molecule has 4 heteroatoms. The van der Waals surface area contributed by atoms with Gasteiger partial charge in [-0.15, -0.1) is 0 Å². The number of nitrogens with one attached hydrogen (secondary N) is 1. The van der Waals surface area contributed by atoms with Crippen LogP contribution in [0.5, 0.6) is 0 Å². The van der Waals surface area contributed by atoms with Crippen LogP contribution in [0.4, 0.5) is 11.4 Å². The highest BCUT2D eigenvalue weighted by molar-refractivity contribution is 5.90. The molecule has 4 N–H and O–H groups in total. The first-order valence-electron chi connectivity index (χ1n) is 7.03. The van der Waals surface area contributed by atoms with Crippen LogP contribution < -0.4 is 11.1 Å². The van der Waals surface area contributed by atoms with Crippen LogP contribution in [0.15, 0.2) is 18.2 Å². The second-order valence-corrected chi connectivity index (χ2v) is 5.33. The van der Waals surface area contributed by atoms with Gasteiger partial charge in [-0.1, -0.05) is 32.1 Å². The molecule has 0 atom stereocenters. The summed E-state index contributed by atoms with van der Waals surface area (Å²) in [5.74, 6) is -0.110. The molecule has 0 bridgehead atoms. The van der Waals surface area contributed by atoms with Crippen molar-refractivity contribution in [2.45, 2.75) is 38.5 Å². The van der Waals surface area contributed by atoms with Crippen molar-refractivity contribution in [3.05, 3.63) is 23.8 Å². The number of anilines is 2. The highest BCUT2D eigenvalue weighted by Crippen LogP contribution is 2.27. The summed E-state index contributed by atoms with van der Waals surface area (Å²) in [4.78, 5) is 10.8. The van der Waals surface area contributed by atoms with E-state index in [0.717, 1.165) is 18.2 Å². The maximum atomic E-state index is 10.8. The van der Waals surface area contributed by atoms with Crippen LogP contribution in [0.2, 0.25) is 0 Å². The van der Waals surface area contributed by atoms with Gasteiger partial charge in [0.1, 0.15) is 0 Å². The number of benzene rings is 1. The van der Waals surface area contributed by atoms with Gasteiger partial charge in [-0.25, -0.2) is 4.79 Å². The lowest BCUT2D eigenvalue weighted by molar-refractivity contribution is 0.0697. The minimum absolute atomic E-state index is 0.232. The molecule has 4 nitrogen and oxygen atoms in total. The van der Waals surface area contributed by atoms with E-state index < -0.39 is 5.97 Å². The Morgan fingerprint density at radius 1 is 1.32 bits per heavy atom. The van der Waals surface area contributed by atoms with E-state index in [1.807, 2.05) is 0 Å². The zero-order valence-electron chi connectivity index (χ0n) is 11.2. The van der Waals surface area contributed by atoms with Crippen LogP contribution in [-0.2, 0) is 0 Å². The summed E-state index contributed by atoms with van der Waals surface area (Å²) >= 11 is 0. The predicted molar refractivity (Wildman–Crippen MR) is 77.5 cm³/mol. The van der Waals surface area contributed by atoms with Crippen molar-refractivity contribution in [1.82, 2.24) is 0 Å². The summed E-state index contributed by atoms with van der Waals surface area (Å²) in [6, 6.07) is 4.84. The molecule has 0 saturated heterocycles. The number of aromatic carboxylic acids is 1. The summed E-state index contributed by atoms with van der Waals surface area (Å²) in [5.41, 5.74) is 7.42. The molecular formula is C15H22N2O2. The van der Waals surface area contributed by atoms with Crippen molar-refractivity contribution in [2.75, 3.05) is 17.6 Å². The van der Waals surface area contributed by atoms with E-state index in [9.17, 15) is 4.79 Å². The lowest BCUT2D eigenvalue weighted by Gasteiger charge is -2.21. The zero-order valence-corrected chi connectivity index (χ0v) is 11.2. The van der Waals surface area contributed by atoms with E-state index in [1.165, 1.54) is 44.6 Å². The Bertz CT molecular complexity index is 440. The largest absolute Gasteiger partial charge is 0.478 e. The van der Waals surface area contributed by atoms with Crippen molar-refractivity contribution in [1.29, 1.82) is 0 Å². The second-order valence-electron chi connectivity index (χ2n) is 5.33. The Kier molecular flexibility index (Phi) is 4.66. The molecular weight excluding hydrogens is 240 g/mol. The normalized spacial score (nSPS) is 16.2. The van der Waals surface area contributed by atoms with Crippen molar-refractivity contribution >= 4 is 17.3 Å². The topological polar surface area (TPSA) is 75.4 Å². The average molecular weight is 262 g/mol. The van der Waals surface area contributed by atoms with E-state index in [4.69, 9.17) is 10.8 Å². The quantitative estimate of drug-likeness (QED) is 0.711. The fourth-order valence-corrected chi connectivity index (χ4v) is 2.74. The van der Waals surface area contributed by atoms with Crippen molar-refractivity contribution in [3.8, 4) is 0 Å². The van der Waals surface area contributed by atoms with Gasteiger partial charge in [-0.2, -0.15) is 0 Å². The Balaban J connectivity index is 1.83. The Labute approximate surface area is 114 Å². The fraction of sp³-hybridized carbons (Fsp3) is 0.533. The van der Waals surface area contributed by atoms with Gasteiger partial charge >= 0.3 is 5.97 Å². The Morgan fingerprint density at radius 3 is 2.68 bits per heavy atom. The van der Waals surface area contributed by atoms with Crippen molar-refractivity contribution in [2.24, 2.45) is 5.92 Å². The van der Waals surface area contributed by atoms with Crippen molar-refractivity contribution in [3.63, 3.8) is 0 Å². The van der Waals surface area contributed by atoms with Gasteiger partial charge in [0, 0.05) is 6.54 Å². The average Bonchev–Trinajstić information content (AvgIpc) is 2.41. The maximum absolute atomic E-state index is 10.8. The first-order chi connectivity index (χ1) is 9.16. The molecule has 1 saturated carbocycles. The minimum atomic E-state index is -0.944. The SMILES string of the molecule is Nc1cc(C(=O)O)ccc1NCCC1CCCCC1. The monoisotopic (exact) mass is 262 g/mol. The summed E-state index contributed by atoms with van der Waals surface area (Å²) in [5, 5.41) is 12.2. The van der Waals surface area contributed by atoms with Gasteiger partial charge in [0.15, 0.2) is 0 Å². The molecule has 1 aliphatic carbocycles. The van der Waals surface area contributed by atoms with E-state index in [0.29, 0.717) is 5.69 Å². The molecule has 1 fully saturated rings. The number of hydrogen-bond donors (Lipinski definition) is 3. The van der Waals surface area contributed by atoms with Crippen LogP contribution in [0.25, 0.3) is 0 Å². The highest BCUT2D eigenvalue weighted by Gasteiger charge is 2.13. The summed E-state index contributed by atoms with van der Waals surface area (Å²) in [7, 11) is 0. The van der Waals surface area contributed by atoms with Crippen molar-refractivity contribution < 1.29 is 9.90 Å². The predicted octanol–water partition coefficient (Wildman–Crippen LogP) is 3.35. The molecule has 0 aliphatic heterocycles. The van der Waals surface area contributed by atoms with Gasteiger partial charge in [-0.3, -0.25) is 0 Å². The number of carboxylic acids is 1. The molecule has 0 radical (unpaired) electrons. The zero-order chi connectivity index (χ0) is 13.7. The van der Waals surface area contributed by atoms with E-state index in [2.05, 4.69) is 5.32 Å². The molecule has 0 unspecified atom stereocenters. The second kappa shape index (κ2) is 6.45. The van der Waals surface area contributed by atoms with Crippen LogP contribution in [0.1, 0.15) is 48.9 Å². The highest BCUT2D eigenvalue weighted by atomic mass is 16.4.